The Morgan fingerprint density at radius 3 is 2.80 bits per heavy atom. The minimum absolute atomic E-state index is 0.0967. The Balaban J connectivity index is 3.31. The number of nitrogen functional groups attached to an aromatic ring is 1. The quantitative estimate of drug-likeness (QED) is 0.492. The first kappa shape index (κ1) is 11.4. The molecule has 15 heavy (non-hydrogen) atoms. The summed E-state index contributed by atoms with van der Waals surface area (Å²) < 4.78 is 4.58. The molecule has 0 radical (unpaired) electrons. The molecule has 0 aliphatic heterocycles. The molecule has 0 aliphatic rings. The molecule has 0 amide bonds. The fourth-order valence-electron chi connectivity index (χ4n) is 0.880. The van der Waals surface area contributed by atoms with Crippen LogP contribution in [-0.2, 0) is 4.74 Å². The lowest BCUT2D eigenvalue weighted by molar-refractivity contribution is -0.384. The number of ether oxygens (including phenoxy) is 1. The van der Waals surface area contributed by atoms with Gasteiger partial charge in [-0.2, -0.15) is 0 Å². The maximum atomic E-state index is 11.1. The van der Waals surface area contributed by atoms with Crippen molar-refractivity contribution in [2.45, 2.75) is 0 Å². The van der Waals surface area contributed by atoms with E-state index in [1.165, 1.54) is 7.11 Å². The first-order chi connectivity index (χ1) is 6.97. The fraction of sp³-hybridized carbons (Fsp3) is 0.143. The molecule has 0 unspecified atom stereocenters. The number of esters is 1. The van der Waals surface area contributed by atoms with Gasteiger partial charge in [0.15, 0.2) is 5.69 Å². The van der Waals surface area contributed by atoms with Crippen LogP contribution in [0.2, 0.25) is 0 Å². The summed E-state index contributed by atoms with van der Waals surface area (Å²) in [4.78, 5) is 24.5. The SMILES string of the molecule is COC(=O)c1nc(N)c([N+](=O)[O-])cc1Br. The zero-order valence-corrected chi connectivity index (χ0v) is 9.15. The number of methoxy groups -OCH3 is 1. The van der Waals surface area contributed by atoms with Crippen molar-refractivity contribution in [2.75, 3.05) is 12.8 Å². The van der Waals surface area contributed by atoms with Crippen LogP contribution in [0, 0.1) is 10.1 Å². The van der Waals surface area contributed by atoms with E-state index in [0.29, 0.717) is 0 Å². The fourth-order valence-corrected chi connectivity index (χ4v) is 1.35. The number of nitrogens with two attached hydrogens (primary N) is 1. The lowest BCUT2D eigenvalue weighted by Gasteiger charge is -2.03. The van der Waals surface area contributed by atoms with Crippen LogP contribution in [-0.4, -0.2) is 23.0 Å². The van der Waals surface area contributed by atoms with Gasteiger partial charge in [-0.1, -0.05) is 0 Å². The molecule has 8 heteroatoms. The molecule has 7 nitrogen and oxygen atoms in total. The molecule has 0 atom stereocenters. The van der Waals surface area contributed by atoms with E-state index in [-0.39, 0.29) is 21.7 Å². The predicted molar refractivity (Wildman–Crippen MR) is 54.3 cm³/mol. The Kier molecular flexibility index (Phi) is 3.20. The van der Waals surface area contributed by atoms with Crippen molar-refractivity contribution in [2.24, 2.45) is 0 Å². The van der Waals surface area contributed by atoms with Crippen molar-refractivity contribution in [3.05, 3.63) is 26.3 Å². The van der Waals surface area contributed by atoms with Crippen molar-refractivity contribution in [1.82, 2.24) is 4.98 Å². The number of carbonyl (C=O) groups excluding carboxylic acids is 1. The van der Waals surface area contributed by atoms with Crippen LogP contribution in [0.4, 0.5) is 11.5 Å². The van der Waals surface area contributed by atoms with Gasteiger partial charge in [-0.15, -0.1) is 0 Å². The van der Waals surface area contributed by atoms with Gasteiger partial charge in [-0.05, 0) is 15.9 Å². The first-order valence-corrected chi connectivity index (χ1v) is 4.45. The van der Waals surface area contributed by atoms with E-state index in [1.54, 1.807) is 0 Å². The maximum Gasteiger partial charge on any atom is 0.357 e. The maximum absolute atomic E-state index is 11.1. The lowest BCUT2D eigenvalue weighted by Crippen LogP contribution is -2.09. The molecule has 1 heterocycles. The summed E-state index contributed by atoms with van der Waals surface area (Å²) in [5.74, 6) is -1.05. The number of nitrogens with zero attached hydrogens (tertiary/aromatic N) is 2. The van der Waals surface area contributed by atoms with Crippen LogP contribution in [0.15, 0.2) is 10.5 Å². The molecule has 0 aromatic carbocycles. The summed E-state index contributed by atoms with van der Waals surface area (Å²) in [7, 11) is 1.17. The second kappa shape index (κ2) is 4.22. The topological polar surface area (TPSA) is 108 Å². The zero-order chi connectivity index (χ0) is 11.6. The number of rotatable bonds is 2. The first-order valence-electron chi connectivity index (χ1n) is 3.66. The molecule has 0 bridgehead atoms. The highest BCUT2D eigenvalue weighted by Crippen LogP contribution is 2.26. The lowest BCUT2D eigenvalue weighted by atomic mass is 10.3. The van der Waals surface area contributed by atoms with E-state index < -0.39 is 10.9 Å². The molecular weight excluding hydrogens is 270 g/mol. The number of aromatic nitrogens is 1. The number of halogens is 1. The van der Waals surface area contributed by atoms with Crippen LogP contribution in [0.1, 0.15) is 10.5 Å². The Labute approximate surface area is 92.5 Å². The summed E-state index contributed by atoms with van der Waals surface area (Å²) >= 11 is 2.97. The predicted octanol–water partition coefficient (Wildman–Crippen LogP) is 1.12. The number of nitro groups is 1. The number of carbonyl (C=O) groups is 1. The Bertz CT molecular complexity index is 434. The third-order valence-corrected chi connectivity index (χ3v) is 2.16. The molecule has 0 aliphatic carbocycles. The highest BCUT2D eigenvalue weighted by molar-refractivity contribution is 9.10. The van der Waals surface area contributed by atoms with Gasteiger partial charge < -0.3 is 10.5 Å². The summed E-state index contributed by atoms with van der Waals surface area (Å²) in [6.45, 7) is 0. The van der Waals surface area contributed by atoms with Gasteiger partial charge in [0, 0.05) is 6.07 Å². The molecule has 0 spiro atoms. The summed E-state index contributed by atoms with van der Waals surface area (Å²) in [5, 5.41) is 10.5. The summed E-state index contributed by atoms with van der Waals surface area (Å²) in [6.07, 6.45) is 0. The van der Waals surface area contributed by atoms with Crippen LogP contribution >= 0.6 is 15.9 Å². The van der Waals surface area contributed by atoms with Crippen molar-refractivity contribution >= 4 is 33.4 Å². The normalized spacial score (nSPS) is 9.73. The van der Waals surface area contributed by atoms with Crippen molar-refractivity contribution in [3.8, 4) is 0 Å². The Morgan fingerprint density at radius 2 is 2.33 bits per heavy atom. The molecule has 1 rings (SSSR count). The van der Waals surface area contributed by atoms with E-state index in [4.69, 9.17) is 5.73 Å². The van der Waals surface area contributed by atoms with E-state index in [1.807, 2.05) is 0 Å². The standard InChI is InChI=1S/C7H6BrN3O4/c1-15-7(12)5-3(8)2-4(11(13)14)6(9)10-5/h2H,1H3,(H2,9,10). The number of anilines is 1. The average Bonchev–Trinajstić information content (AvgIpc) is 2.19. The second-order valence-electron chi connectivity index (χ2n) is 2.47. The van der Waals surface area contributed by atoms with Gasteiger partial charge in [0.2, 0.25) is 5.82 Å². The largest absolute Gasteiger partial charge is 0.464 e. The van der Waals surface area contributed by atoms with Crippen LogP contribution in [0.5, 0.6) is 0 Å². The highest BCUT2D eigenvalue weighted by Gasteiger charge is 2.20. The van der Waals surface area contributed by atoms with Crippen molar-refractivity contribution in [1.29, 1.82) is 0 Å². The van der Waals surface area contributed by atoms with Gasteiger partial charge in [0.1, 0.15) is 0 Å². The summed E-state index contributed by atoms with van der Waals surface area (Å²) in [6, 6.07) is 1.11. The van der Waals surface area contributed by atoms with Crippen molar-refractivity contribution in [3.63, 3.8) is 0 Å². The molecule has 0 saturated carbocycles. The zero-order valence-electron chi connectivity index (χ0n) is 7.56. The van der Waals surface area contributed by atoms with Gasteiger partial charge in [0.25, 0.3) is 0 Å². The molecule has 0 fully saturated rings. The number of hydrogen-bond acceptors (Lipinski definition) is 6. The van der Waals surface area contributed by atoms with Crippen LogP contribution < -0.4 is 5.73 Å². The second-order valence-corrected chi connectivity index (χ2v) is 3.33. The Hall–Kier alpha value is -1.70. The molecule has 2 N–H and O–H groups in total. The third-order valence-electron chi connectivity index (χ3n) is 1.56. The third kappa shape index (κ3) is 2.21. The highest BCUT2D eigenvalue weighted by atomic mass is 79.9. The molecule has 0 saturated heterocycles. The van der Waals surface area contributed by atoms with E-state index >= 15 is 0 Å². The minimum atomic E-state index is -0.719. The number of hydrogen-bond donors (Lipinski definition) is 1. The van der Waals surface area contributed by atoms with Gasteiger partial charge in [-0.3, -0.25) is 10.1 Å². The van der Waals surface area contributed by atoms with Gasteiger partial charge in [0.05, 0.1) is 16.5 Å². The molecule has 1 aromatic rings. The molecule has 80 valence electrons. The van der Waals surface area contributed by atoms with E-state index in [2.05, 4.69) is 25.7 Å². The van der Waals surface area contributed by atoms with Crippen molar-refractivity contribution < 1.29 is 14.5 Å². The Morgan fingerprint density at radius 1 is 1.73 bits per heavy atom. The molecule has 1 aromatic heterocycles. The van der Waals surface area contributed by atoms with Crippen LogP contribution in [0.25, 0.3) is 0 Å². The van der Waals surface area contributed by atoms with Gasteiger partial charge in [-0.25, -0.2) is 9.78 Å². The van der Waals surface area contributed by atoms with E-state index in [9.17, 15) is 14.9 Å². The average molecular weight is 276 g/mol. The molecular formula is C7H6BrN3O4. The van der Waals surface area contributed by atoms with Gasteiger partial charge >= 0.3 is 11.7 Å². The minimum Gasteiger partial charge on any atom is -0.464 e. The van der Waals surface area contributed by atoms with E-state index in [0.717, 1.165) is 6.07 Å². The smallest absolute Gasteiger partial charge is 0.357 e. The van der Waals surface area contributed by atoms with Crippen LogP contribution in [0.3, 0.4) is 0 Å². The monoisotopic (exact) mass is 275 g/mol. The summed E-state index contributed by atoms with van der Waals surface area (Å²) in [5.41, 5.74) is 4.84. The number of pyridine rings is 1.